The van der Waals surface area contributed by atoms with Crippen molar-refractivity contribution in [2.24, 2.45) is 5.41 Å². The molecule has 2 fully saturated rings. The van der Waals surface area contributed by atoms with E-state index in [1.165, 1.54) is 26.2 Å². The molecule has 0 amide bonds. The normalized spacial score (nSPS) is 25.9. The zero-order valence-corrected chi connectivity index (χ0v) is 12.1. The molecule has 0 unspecified atom stereocenters. The first-order valence-corrected chi connectivity index (χ1v) is 6.89. The highest BCUT2D eigenvalue weighted by Crippen LogP contribution is 2.35. The lowest BCUT2D eigenvalue weighted by Gasteiger charge is -2.52. The largest absolute Gasteiger partial charge is 0.378 e. The molecule has 2 aliphatic rings. The number of hydrogen-bond acceptors (Lipinski definition) is 3. The molecule has 2 heterocycles. The van der Waals surface area contributed by atoms with Crippen LogP contribution in [0.15, 0.2) is 0 Å². The van der Waals surface area contributed by atoms with Gasteiger partial charge in [-0.2, -0.15) is 0 Å². The maximum Gasteiger partial charge on any atom is 0.0645 e. The number of nitrogens with zero attached hydrogens (tertiary/aromatic N) is 2. The summed E-state index contributed by atoms with van der Waals surface area (Å²) in [5.74, 6) is 0. The van der Waals surface area contributed by atoms with Gasteiger partial charge in [0.1, 0.15) is 0 Å². The van der Waals surface area contributed by atoms with Crippen molar-refractivity contribution in [2.75, 3.05) is 39.4 Å². The molecule has 0 aromatic rings. The Bertz CT molecular complexity index is 258. The summed E-state index contributed by atoms with van der Waals surface area (Å²) < 4.78 is 5.28. The fraction of sp³-hybridized carbons (Fsp3) is 1.00. The Morgan fingerprint density at radius 2 is 1.41 bits per heavy atom. The Balaban J connectivity index is 1.89. The molecule has 2 rings (SSSR count). The molecule has 0 atom stereocenters. The zero-order chi connectivity index (χ0) is 12.7. The summed E-state index contributed by atoms with van der Waals surface area (Å²) in [6.07, 6.45) is 0. The molecule has 0 bridgehead atoms. The third-order valence-electron chi connectivity index (χ3n) is 5.08. The summed E-state index contributed by atoms with van der Waals surface area (Å²) in [5, 5.41) is 0. The van der Waals surface area contributed by atoms with Crippen LogP contribution in [0.5, 0.6) is 0 Å². The number of rotatable bonds is 2. The second kappa shape index (κ2) is 4.52. The molecule has 0 aliphatic carbocycles. The molecule has 0 spiro atoms. The van der Waals surface area contributed by atoms with Gasteiger partial charge in [-0.1, -0.05) is 20.8 Å². The van der Waals surface area contributed by atoms with Crippen LogP contribution in [0.3, 0.4) is 0 Å². The van der Waals surface area contributed by atoms with Gasteiger partial charge in [-0.05, 0) is 19.3 Å². The molecule has 3 heteroatoms. The third kappa shape index (κ3) is 2.51. The van der Waals surface area contributed by atoms with E-state index < -0.39 is 0 Å². The number of piperazine rings is 1. The fourth-order valence-corrected chi connectivity index (χ4v) is 2.55. The second-order valence-electron chi connectivity index (χ2n) is 7.02. The van der Waals surface area contributed by atoms with Crippen LogP contribution in [0, 0.1) is 5.41 Å². The molecule has 0 aromatic carbocycles. The van der Waals surface area contributed by atoms with Crippen LogP contribution in [0.4, 0.5) is 0 Å². The first kappa shape index (κ1) is 13.3. The van der Waals surface area contributed by atoms with Crippen molar-refractivity contribution < 1.29 is 4.74 Å². The van der Waals surface area contributed by atoms with Crippen LogP contribution in [-0.2, 0) is 4.74 Å². The van der Waals surface area contributed by atoms with Gasteiger partial charge in [0.2, 0.25) is 0 Å². The van der Waals surface area contributed by atoms with Crippen molar-refractivity contribution in [1.82, 2.24) is 9.80 Å². The third-order valence-corrected chi connectivity index (χ3v) is 5.08. The molecule has 100 valence electrons. The van der Waals surface area contributed by atoms with Gasteiger partial charge in [-0.3, -0.25) is 9.80 Å². The van der Waals surface area contributed by atoms with Gasteiger partial charge in [0, 0.05) is 31.7 Å². The van der Waals surface area contributed by atoms with E-state index in [1.807, 2.05) is 0 Å². The van der Waals surface area contributed by atoms with E-state index >= 15 is 0 Å². The maximum atomic E-state index is 5.28. The average Bonchev–Trinajstić information content (AvgIpc) is 2.14. The van der Waals surface area contributed by atoms with Crippen LogP contribution in [0.1, 0.15) is 34.6 Å². The van der Waals surface area contributed by atoms with Crippen LogP contribution in [-0.4, -0.2) is 60.8 Å². The highest BCUT2D eigenvalue weighted by Gasteiger charge is 2.40. The fourth-order valence-electron chi connectivity index (χ4n) is 2.55. The maximum absolute atomic E-state index is 5.28. The van der Waals surface area contributed by atoms with E-state index in [2.05, 4.69) is 44.4 Å². The molecule has 0 aromatic heterocycles. The minimum Gasteiger partial charge on any atom is -0.378 e. The van der Waals surface area contributed by atoms with Gasteiger partial charge in [-0.15, -0.1) is 0 Å². The topological polar surface area (TPSA) is 15.7 Å². The highest BCUT2D eigenvalue weighted by atomic mass is 16.5. The van der Waals surface area contributed by atoms with Crippen molar-refractivity contribution in [3.05, 3.63) is 0 Å². The van der Waals surface area contributed by atoms with Crippen LogP contribution in [0.25, 0.3) is 0 Å². The Morgan fingerprint density at radius 1 is 0.882 bits per heavy atom. The molecule has 0 radical (unpaired) electrons. The van der Waals surface area contributed by atoms with Crippen molar-refractivity contribution in [1.29, 1.82) is 0 Å². The van der Waals surface area contributed by atoms with Crippen molar-refractivity contribution in [3.8, 4) is 0 Å². The van der Waals surface area contributed by atoms with Gasteiger partial charge in [0.25, 0.3) is 0 Å². The molecule has 3 nitrogen and oxygen atoms in total. The lowest BCUT2D eigenvalue weighted by Crippen LogP contribution is -2.62. The standard InChI is InChI=1S/C14H28N2O/c1-13(2,3)14(4,5)16-8-6-15(7-9-16)12-10-17-11-12/h12H,6-11H2,1-5H3. The Kier molecular flexibility index (Phi) is 3.54. The summed E-state index contributed by atoms with van der Waals surface area (Å²) in [6.45, 7) is 18.5. The smallest absolute Gasteiger partial charge is 0.0645 e. The zero-order valence-electron chi connectivity index (χ0n) is 12.1. The molecule has 17 heavy (non-hydrogen) atoms. The molecule has 0 N–H and O–H groups in total. The lowest BCUT2D eigenvalue weighted by atomic mass is 9.75. The molecule has 2 saturated heterocycles. The summed E-state index contributed by atoms with van der Waals surface area (Å²) in [5.41, 5.74) is 0.601. The minimum atomic E-state index is 0.273. The number of hydrogen-bond donors (Lipinski definition) is 0. The van der Waals surface area contributed by atoms with Crippen molar-refractivity contribution in [3.63, 3.8) is 0 Å². The first-order chi connectivity index (χ1) is 7.82. The van der Waals surface area contributed by atoms with E-state index in [-0.39, 0.29) is 5.54 Å². The lowest BCUT2D eigenvalue weighted by molar-refractivity contribution is -0.0926. The van der Waals surface area contributed by atoms with Gasteiger partial charge >= 0.3 is 0 Å². The van der Waals surface area contributed by atoms with Crippen LogP contribution >= 0.6 is 0 Å². The van der Waals surface area contributed by atoms with Crippen molar-refractivity contribution >= 4 is 0 Å². The summed E-state index contributed by atoms with van der Waals surface area (Å²) in [4.78, 5) is 5.25. The van der Waals surface area contributed by atoms with E-state index in [4.69, 9.17) is 4.74 Å². The van der Waals surface area contributed by atoms with E-state index in [0.717, 1.165) is 13.2 Å². The van der Waals surface area contributed by atoms with Gasteiger partial charge in [0.05, 0.1) is 19.3 Å². The predicted octanol–water partition coefficient (Wildman–Crippen LogP) is 1.83. The van der Waals surface area contributed by atoms with Crippen LogP contribution in [0.2, 0.25) is 0 Å². The Morgan fingerprint density at radius 3 is 1.76 bits per heavy atom. The SMILES string of the molecule is CC(C)(C)C(C)(C)N1CCN(C2COC2)CC1. The van der Waals surface area contributed by atoms with Crippen LogP contribution < -0.4 is 0 Å². The van der Waals surface area contributed by atoms with Gasteiger partial charge < -0.3 is 4.74 Å². The van der Waals surface area contributed by atoms with Gasteiger partial charge in [-0.25, -0.2) is 0 Å². The van der Waals surface area contributed by atoms with Gasteiger partial charge in [0.15, 0.2) is 0 Å². The second-order valence-corrected chi connectivity index (χ2v) is 7.02. The molecular formula is C14H28N2O. The first-order valence-electron chi connectivity index (χ1n) is 6.89. The van der Waals surface area contributed by atoms with E-state index in [1.54, 1.807) is 0 Å². The van der Waals surface area contributed by atoms with E-state index in [9.17, 15) is 0 Å². The average molecular weight is 240 g/mol. The summed E-state index contributed by atoms with van der Waals surface area (Å²) >= 11 is 0. The minimum absolute atomic E-state index is 0.273. The Hall–Kier alpha value is -0.120. The Labute approximate surface area is 106 Å². The molecule has 0 saturated carbocycles. The summed E-state index contributed by atoms with van der Waals surface area (Å²) in [6, 6.07) is 0.704. The molecular weight excluding hydrogens is 212 g/mol. The van der Waals surface area contributed by atoms with E-state index in [0.29, 0.717) is 11.5 Å². The number of ether oxygens (including phenoxy) is 1. The van der Waals surface area contributed by atoms with Crippen molar-refractivity contribution in [2.45, 2.75) is 46.2 Å². The molecule has 2 aliphatic heterocycles. The quantitative estimate of drug-likeness (QED) is 0.732. The monoisotopic (exact) mass is 240 g/mol. The highest BCUT2D eigenvalue weighted by molar-refractivity contribution is 4.95. The summed E-state index contributed by atoms with van der Waals surface area (Å²) in [7, 11) is 0. The predicted molar refractivity (Wildman–Crippen MR) is 71.3 cm³/mol.